The van der Waals surface area contributed by atoms with Gasteiger partial charge in [0.1, 0.15) is 6.61 Å². The SMILES string of the molecule is OCc1nc(-c2cnc3ccsc3c2)no1. The quantitative estimate of drug-likeness (QED) is 0.731. The van der Waals surface area contributed by atoms with E-state index in [0.717, 1.165) is 15.8 Å². The summed E-state index contributed by atoms with van der Waals surface area (Å²) in [5.74, 6) is 0.660. The van der Waals surface area contributed by atoms with Crippen molar-refractivity contribution in [1.82, 2.24) is 15.1 Å². The van der Waals surface area contributed by atoms with Gasteiger partial charge in [0.05, 0.1) is 10.2 Å². The molecule has 0 radical (unpaired) electrons. The number of aliphatic hydroxyl groups excluding tert-OH is 1. The average molecular weight is 233 g/mol. The van der Waals surface area contributed by atoms with Gasteiger partial charge in [0.2, 0.25) is 5.82 Å². The van der Waals surface area contributed by atoms with E-state index in [4.69, 9.17) is 9.63 Å². The van der Waals surface area contributed by atoms with Crippen LogP contribution in [-0.2, 0) is 6.61 Å². The number of aliphatic hydroxyl groups is 1. The zero-order valence-corrected chi connectivity index (χ0v) is 8.94. The monoisotopic (exact) mass is 233 g/mol. The van der Waals surface area contributed by atoms with Gasteiger partial charge in [0.15, 0.2) is 0 Å². The molecule has 3 aromatic heterocycles. The molecule has 0 amide bonds. The zero-order chi connectivity index (χ0) is 11.0. The van der Waals surface area contributed by atoms with E-state index in [0.29, 0.717) is 5.82 Å². The predicted octanol–water partition coefficient (Wildman–Crippen LogP) is 1.84. The first-order chi connectivity index (χ1) is 7.86. The van der Waals surface area contributed by atoms with Crippen LogP contribution in [0.1, 0.15) is 5.89 Å². The van der Waals surface area contributed by atoms with E-state index in [-0.39, 0.29) is 12.5 Å². The smallest absolute Gasteiger partial charge is 0.252 e. The summed E-state index contributed by atoms with van der Waals surface area (Å²) in [4.78, 5) is 8.31. The Morgan fingerprint density at radius 1 is 1.44 bits per heavy atom. The van der Waals surface area contributed by atoms with Crippen molar-refractivity contribution in [3.8, 4) is 11.4 Å². The maximum Gasteiger partial charge on any atom is 0.252 e. The number of aromatic nitrogens is 3. The highest BCUT2D eigenvalue weighted by Crippen LogP contribution is 2.24. The second-order valence-corrected chi connectivity index (χ2v) is 4.15. The maximum atomic E-state index is 8.83. The Morgan fingerprint density at radius 2 is 2.38 bits per heavy atom. The van der Waals surface area contributed by atoms with E-state index in [1.54, 1.807) is 17.5 Å². The van der Waals surface area contributed by atoms with Crippen molar-refractivity contribution in [2.45, 2.75) is 6.61 Å². The Balaban J connectivity index is 2.10. The summed E-state index contributed by atoms with van der Waals surface area (Å²) in [6.07, 6.45) is 1.70. The Bertz CT molecular complexity index is 632. The molecule has 0 aliphatic carbocycles. The van der Waals surface area contributed by atoms with Crippen LogP contribution in [0.5, 0.6) is 0 Å². The summed E-state index contributed by atoms with van der Waals surface area (Å²) < 4.78 is 5.90. The molecular formula is C10H7N3O2S. The molecule has 0 aromatic carbocycles. The predicted molar refractivity (Wildman–Crippen MR) is 58.8 cm³/mol. The highest BCUT2D eigenvalue weighted by atomic mass is 32.1. The molecule has 0 saturated carbocycles. The number of nitrogens with zero attached hydrogens (tertiary/aromatic N) is 3. The molecular weight excluding hydrogens is 226 g/mol. The fourth-order valence-corrected chi connectivity index (χ4v) is 2.19. The molecule has 3 aromatic rings. The van der Waals surface area contributed by atoms with E-state index in [1.165, 1.54) is 0 Å². The topological polar surface area (TPSA) is 72.0 Å². The third-order valence-electron chi connectivity index (χ3n) is 2.16. The summed E-state index contributed by atoms with van der Waals surface area (Å²) in [6.45, 7) is -0.248. The molecule has 3 heterocycles. The average Bonchev–Trinajstić information content (AvgIpc) is 2.96. The van der Waals surface area contributed by atoms with Crippen LogP contribution in [0.15, 0.2) is 28.2 Å². The molecule has 0 saturated heterocycles. The minimum atomic E-state index is -0.248. The molecule has 3 rings (SSSR count). The van der Waals surface area contributed by atoms with E-state index < -0.39 is 0 Å². The van der Waals surface area contributed by atoms with Crippen LogP contribution in [0.2, 0.25) is 0 Å². The number of thiophene rings is 1. The van der Waals surface area contributed by atoms with Gasteiger partial charge < -0.3 is 9.63 Å². The van der Waals surface area contributed by atoms with Crippen LogP contribution >= 0.6 is 11.3 Å². The van der Waals surface area contributed by atoms with Gasteiger partial charge >= 0.3 is 0 Å². The molecule has 0 bridgehead atoms. The van der Waals surface area contributed by atoms with Crippen molar-refractivity contribution < 1.29 is 9.63 Å². The first kappa shape index (κ1) is 9.44. The number of hydrogen-bond acceptors (Lipinski definition) is 6. The molecule has 0 unspecified atom stereocenters. The first-order valence-electron chi connectivity index (χ1n) is 4.64. The highest BCUT2D eigenvalue weighted by molar-refractivity contribution is 7.17. The maximum absolute atomic E-state index is 8.83. The summed E-state index contributed by atoms with van der Waals surface area (Å²) in [6, 6.07) is 3.91. The zero-order valence-electron chi connectivity index (χ0n) is 8.12. The summed E-state index contributed by atoms with van der Waals surface area (Å²) in [5, 5.41) is 14.6. The van der Waals surface area contributed by atoms with Gasteiger partial charge in [0, 0.05) is 11.8 Å². The second kappa shape index (κ2) is 3.66. The van der Waals surface area contributed by atoms with E-state index in [9.17, 15) is 0 Å². The van der Waals surface area contributed by atoms with Crippen molar-refractivity contribution in [3.63, 3.8) is 0 Å². The van der Waals surface area contributed by atoms with Gasteiger partial charge in [-0.1, -0.05) is 5.16 Å². The van der Waals surface area contributed by atoms with Crippen LogP contribution < -0.4 is 0 Å². The molecule has 6 heteroatoms. The molecule has 5 nitrogen and oxygen atoms in total. The van der Waals surface area contributed by atoms with Gasteiger partial charge in [-0.05, 0) is 17.5 Å². The second-order valence-electron chi connectivity index (χ2n) is 3.20. The van der Waals surface area contributed by atoms with Gasteiger partial charge in [-0.25, -0.2) is 0 Å². The van der Waals surface area contributed by atoms with Crippen LogP contribution in [-0.4, -0.2) is 20.2 Å². The molecule has 80 valence electrons. The van der Waals surface area contributed by atoms with Crippen LogP contribution in [0.4, 0.5) is 0 Å². The van der Waals surface area contributed by atoms with Gasteiger partial charge in [-0.15, -0.1) is 11.3 Å². The normalized spacial score (nSPS) is 11.1. The number of rotatable bonds is 2. The Morgan fingerprint density at radius 3 is 3.19 bits per heavy atom. The van der Waals surface area contributed by atoms with Crippen molar-refractivity contribution in [2.24, 2.45) is 0 Å². The summed E-state index contributed by atoms with van der Waals surface area (Å²) >= 11 is 1.61. The largest absolute Gasteiger partial charge is 0.387 e. The van der Waals surface area contributed by atoms with E-state index in [2.05, 4.69) is 15.1 Å². The lowest BCUT2D eigenvalue weighted by Gasteiger charge is -1.93. The van der Waals surface area contributed by atoms with Crippen LogP contribution in [0.3, 0.4) is 0 Å². The van der Waals surface area contributed by atoms with Crippen molar-refractivity contribution in [3.05, 3.63) is 29.6 Å². The van der Waals surface area contributed by atoms with Crippen LogP contribution in [0, 0.1) is 0 Å². The van der Waals surface area contributed by atoms with Crippen molar-refractivity contribution >= 4 is 21.6 Å². The lowest BCUT2D eigenvalue weighted by Crippen LogP contribution is -1.84. The number of hydrogen-bond donors (Lipinski definition) is 1. The Labute approximate surface area is 94.4 Å². The van der Waals surface area contributed by atoms with Gasteiger partial charge in [-0.3, -0.25) is 4.98 Å². The molecule has 0 aliphatic rings. The summed E-state index contributed by atoms with van der Waals surface area (Å²) in [5.41, 5.74) is 1.75. The number of pyridine rings is 1. The first-order valence-corrected chi connectivity index (χ1v) is 5.52. The highest BCUT2D eigenvalue weighted by Gasteiger charge is 2.09. The van der Waals surface area contributed by atoms with Gasteiger partial charge in [0.25, 0.3) is 5.89 Å². The summed E-state index contributed by atoms with van der Waals surface area (Å²) in [7, 11) is 0. The standard InChI is InChI=1S/C10H7N3O2S/c14-5-9-12-10(13-15-9)6-3-8-7(11-4-6)1-2-16-8/h1-4,14H,5H2. The van der Waals surface area contributed by atoms with Crippen molar-refractivity contribution in [1.29, 1.82) is 0 Å². The van der Waals surface area contributed by atoms with E-state index >= 15 is 0 Å². The van der Waals surface area contributed by atoms with Crippen molar-refractivity contribution in [2.75, 3.05) is 0 Å². The lowest BCUT2D eigenvalue weighted by atomic mass is 10.2. The number of fused-ring (bicyclic) bond motifs is 1. The minimum absolute atomic E-state index is 0.210. The Hall–Kier alpha value is -1.79. The minimum Gasteiger partial charge on any atom is -0.387 e. The molecule has 0 fully saturated rings. The fraction of sp³-hybridized carbons (Fsp3) is 0.100. The van der Waals surface area contributed by atoms with Crippen LogP contribution in [0.25, 0.3) is 21.6 Å². The van der Waals surface area contributed by atoms with E-state index in [1.807, 2.05) is 17.5 Å². The molecule has 16 heavy (non-hydrogen) atoms. The van der Waals surface area contributed by atoms with Gasteiger partial charge in [-0.2, -0.15) is 4.98 Å². The lowest BCUT2D eigenvalue weighted by molar-refractivity contribution is 0.222. The molecule has 1 N–H and O–H groups in total. The molecule has 0 aliphatic heterocycles. The molecule has 0 spiro atoms. The third kappa shape index (κ3) is 1.48. The fourth-order valence-electron chi connectivity index (χ4n) is 1.41. The molecule has 0 atom stereocenters. The Kier molecular flexibility index (Phi) is 2.16. The third-order valence-corrected chi connectivity index (χ3v) is 3.02.